The van der Waals surface area contributed by atoms with Gasteiger partial charge < -0.3 is 10.3 Å². The molecule has 3 N–H and O–H groups in total. The Balaban J connectivity index is 2.31. The van der Waals surface area contributed by atoms with E-state index in [2.05, 4.69) is 36.1 Å². The second-order valence-corrected chi connectivity index (χ2v) is 5.72. The van der Waals surface area contributed by atoms with E-state index < -0.39 is 0 Å². The van der Waals surface area contributed by atoms with E-state index in [1.807, 2.05) is 0 Å². The van der Waals surface area contributed by atoms with Crippen LogP contribution in [0.2, 0.25) is 0 Å². The van der Waals surface area contributed by atoms with Crippen molar-refractivity contribution in [1.29, 1.82) is 0 Å². The van der Waals surface area contributed by atoms with Gasteiger partial charge >= 0.3 is 0 Å². The minimum absolute atomic E-state index is 0.760. The first-order valence-electron chi connectivity index (χ1n) is 7.78. The number of aryl methyl sites for hydroxylation is 1. The molecule has 0 saturated heterocycles. The summed E-state index contributed by atoms with van der Waals surface area (Å²) < 4.78 is 0. The minimum Gasteiger partial charge on any atom is -0.356 e. The lowest BCUT2D eigenvalue weighted by molar-refractivity contribution is 0.689. The summed E-state index contributed by atoms with van der Waals surface area (Å²) in [7, 11) is 0. The fourth-order valence-electron chi connectivity index (χ4n) is 2.50. The largest absolute Gasteiger partial charge is 0.356 e. The zero-order valence-electron chi connectivity index (χ0n) is 12.9. The van der Waals surface area contributed by atoms with Crippen molar-refractivity contribution in [3.63, 3.8) is 0 Å². The van der Waals surface area contributed by atoms with Gasteiger partial charge in [-0.3, -0.25) is 0 Å². The summed E-state index contributed by atoms with van der Waals surface area (Å²) in [6.07, 6.45) is 5.78. The molecule has 1 aromatic rings. The summed E-state index contributed by atoms with van der Waals surface area (Å²) in [5, 5.41) is 0. The first-order chi connectivity index (χ1) is 9.69. The number of anilines is 2. The molecule has 1 aromatic heterocycles. The van der Waals surface area contributed by atoms with Crippen molar-refractivity contribution >= 4 is 11.6 Å². The van der Waals surface area contributed by atoms with Gasteiger partial charge in [-0.25, -0.2) is 15.8 Å². The molecule has 1 fully saturated rings. The van der Waals surface area contributed by atoms with Crippen molar-refractivity contribution in [2.75, 3.05) is 23.4 Å². The number of nitrogens with zero attached hydrogens (tertiary/aromatic N) is 3. The number of aromatic nitrogens is 2. The molecule has 1 heterocycles. The van der Waals surface area contributed by atoms with Crippen LogP contribution in [0.3, 0.4) is 0 Å². The van der Waals surface area contributed by atoms with Gasteiger partial charge in [0.15, 0.2) is 0 Å². The Hall–Kier alpha value is -1.36. The van der Waals surface area contributed by atoms with Gasteiger partial charge in [-0.2, -0.15) is 0 Å². The number of rotatable bonds is 8. The summed E-state index contributed by atoms with van der Waals surface area (Å²) in [6, 6.07) is 0. The SMILES string of the molecule is CCCc1nc(NN)c(C)c(N(CCC)CC2CC2)n1. The third kappa shape index (κ3) is 3.60. The fraction of sp³-hybridized carbons (Fsp3) is 0.733. The second-order valence-electron chi connectivity index (χ2n) is 5.72. The highest BCUT2D eigenvalue weighted by atomic mass is 15.3. The number of nitrogens with two attached hydrogens (primary N) is 1. The Labute approximate surface area is 121 Å². The van der Waals surface area contributed by atoms with E-state index in [1.54, 1.807) is 0 Å². The van der Waals surface area contributed by atoms with Crippen molar-refractivity contribution in [1.82, 2.24) is 9.97 Å². The number of hydrogen-bond acceptors (Lipinski definition) is 5. The zero-order chi connectivity index (χ0) is 14.5. The smallest absolute Gasteiger partial charge is 0.148 e. The summed E-state index contributed by atoms with van der Waals surface area (Å²) in [5.41, 5.74) is 3.78. The van der Waals surface area contributed by atoms with Gasteiger partial charge in [-0.1, -0.05) is 13.8 Å². The van der Waals surface area contributed by atoms with Gasteiger partial charge in [0.05, 0.1) is 0 Å². The number of hydrazine groups is 1. The number of nitrogens with one attached hydrogen (secondary N) is 1. The Morgan fingerprint density at radius 3 is 2.55 bits per heavy atom. The maximum Gasteiger partial charge on any atom is 0.148 e. The molecule has 0 spiro atoms. The zero-order valence-corrected chi connectivity index (χ0v) is 12.9. The molecule has 5 nitrogen and oxygen atoms in total. The maximum absolute atomic E-state index is 5.61. The highest BCUT2D eigenvalue weighted by molar-refractivity contribution is 5.58. The summed E-state index contributed by atoms with van der Waals surface area (Å²) in [5.74, 6) is 9.17. The molecular formula is C15H27N5. The summed E-state index contributed by atoms with van der Waals surface area (Å²) in [6.45, 7) is 8.57. The van der Waals surface area contributed by atoms with Crippen molar-refractivity contribution in [2.24, 2.45) is 11.8 Å². The molecule has 0 unspecified atom stereocenters. The van der Waals surface area contributed by atoms with Gasteiger partial charge in [0.25, 0.3) is 0 Å². The van der Waals surface area contributed by atoms with Crippen LogP contribution in [0.25, 0.3) is 0 Å². The van der Waals surface area contributed by atoms with Gasteiger partial charge in [-0.15, -0.1) is 0 Å². The van der Waals surface area contributed by atoms with Crippen LogP contribution >= 0.6 is 0 Å². The van der Waals surface area contributed by atoms with Crippen molar-refractivity contribution in [3.8, 4) is 0 Å². The molecule has 1 aliphatic carbocycles. The van der Waals surface area contributed by atoms with E-state index in [-0.39, 0.29) is 0 Å². The van der Waals surface area contributed by atoms with E-state index in [4.69, 9.17) is 10.8 Å². The van der Waals surface area contributed by atoms with Crippen LogP contribution in [0.5, 0.6) is 0 Å². The van der Waals surface area contributed by atoms with E-state index in [0.717, 1.165) is 61.3 Å². The molecule has 0 aromatic carbocycles. The molecule has 0 atom stereocenters. The highest BCUT2D eigenvalue weighted by Crippen LogP contribution is 2.32. The Kier molecular flexibility index (Phi) is 5.17. The number of hydrogen-bond donors (Lipinski definition) is 2. The molecule has 0 bridgehead atoms. The molecule has 2 rings (SSSR count). The molecule has 1 aliphatic rings. The fourth-order valence-corrected chi connectivity index (χ4v) is 2.50. The van der Waals surface area contributed by atoms with Crippen LogP contribution in [0.1, 0.15) is 50.9 Å². The molecular weight excluding hydrogens is 250 g/mol. The average molecular weight is 277 g/mol. The highest BCUT2D eigenvalue weighted by Gasteiger charge is 2.26. The van der Waals surface area contributed by atoms with E-state index in [0.29, 0.717) is 0 Å². The van der Waals surface area contributed by atoms with E-state index in [9.17, 15) is 0 Å². The molecule has 20 heavy (non-hydrogen) atoms. The normalized spacial score (nSPS) is 14.4. The van der Waals surface area contributed by atoms with Gasteiger partial charge in [0.2, 0.25) is 0 Å². The van der Waals surface area contributed by atoms with E-state index in [1.165, 1.54) is 12.8 Å². The topological polar surface area (TPSA) is 67.1 Å². The predicted octanol–water partition coefficient (Wildman–Crippen LogP) is 2.65. The van der Waals surface area contributed by atoms with E-state index >= 15 is 0 Å². The van der Waals surface area contributed by atoms with Crippen LogP contribution in [-0.2, 0) is 6.42 Å². The maximum atomic E-state index is 5.61. The van der Waals surface area contributed by atoms with Gasteiger partial charge in [0, 0.05) is 25.1 Å². The summed E-state index contributed by atoms with van der Waals surface area (Å²) in [4.78, 5) is 11.7. The van der Waals surface area contributed by atoms with Crippen molar-refractivity contribution in [3.05, 3.63) is 11.4 Å². The van der Waals surface area contributed by atoms with Crippen molar-refractivity contribution in [2.45, 2.75) is 52.9 Å². The lowest BCUT2D eigenvalue weighted by Crippen LogP contribution is -2.29. The van der Waals surface area contributed by atoms with Crippen LogP contribution in [-0.4, -0.2) is 23.1 Å². The first-order valence-corrected chi connectivity index (χ1v) is 7.78. The second kappa shape index (κ2) is 6.88. The molecule has 1 saturated carbocycles. The molecule has 0 amide bonds. The number of nitrogen functional groups attached to an aromatic ring is 1. The van der Waals surface area contributed by atoms with Crippen molar-refractivity contribution < 1.29 is 0 Å². The third-order valence-electron chi connectivity index (χ3n) is 3.75. The Morgan fingerprint density at radius 2 is 2.00 bits per heavy atom. The Morgan fingerprint density at radius 1 is 1.25 bits per heavy atom. The first kappa shape index (κ1) is 15.0. The van der Waals surface area contributed by atoms with Gasteiger partial charge in [-0.05, 0) is 38.5 Å². The third-order valence-corrected chi connectivity index (χ3v) is 3.75. The minimum atomic E-state index is 0.760. The van der Waals surface area contributed by atoms with Crippen LogP contribution < -0.4 is 16.2 Å². The average Bonchev–Trinajstić information content (AvgIpc) is 3.24. The van der Waals surface area contributed by atoms with Gasteiger partial charge in [0.1, 0.15) is 17.5 Å². The summed E-state index contributed by atoms with van der Waals surface area (Å²) >= 11 is 0. The van der Waals surface area contributed by atoms with Crippen LogP contribution in [0.15, 0.2) is 0 Å². The Bertz CT molecular complexity index is 442. The van der Waals surface area contributed by atoms with Crippen LogP contribution in [0.4, 0.5) is 11.6 Å². The molecule has 0 radical (unpaired) electrons. The molecule has 5 heteroatoms. The molecule has 0 aliphatic heterocycles. The molecule has 112 valence electrons. The standard InChI is InChI=1S/C15H27N5/c1-4-6-13-17-14(19-16)11(3)15(18-13)20(9-5-2)10-12-7-8-12/h12H,4-10,16H2,1-3H3,(H,17,18,19). The quantitative estimate of drug-likeness (QED) is 0.565. The lowest BCUT2D eigenvalue weighted by atomic mass is 10.2. The lowest BCUT2D eigenvalue weighted by Gasteiger charge is -2.26. The monoisotopic (exact) mass is 277 g/mol. The predicted molar refractivity (Wildman–Crippen MR) is 83.8 cm³/mol. The van der Waals surface area contributed by atoms with Crippen LogP contribution in [0, 0.1) is 12.8 Å².